The van der Waals surface area contributed by atoms with E-state index in [-0.39, 0.29) is 5.75 Å². The number of hydrogen-bond acceptors (Lipinski definition) is 5. The van der Waals surface area contributed by atoms with Gasteiger partial charge >= 0.3 is 6.09 Å². The van der Waals surface area contributed by atoms with Crippen molar-refractivity contribution in [1.29, 1.82) is 0 Å². The van der Waals surface area contributed by atoms with Crippen LogP contribution in [-0.4, -0.2) is 45.7 Å². The Morgan fingerprint density at radius 3 is 2.10 bits per heavy atom. The van der Waals surface area contributed by atoms with E-state index < -0.39 is 41.1 Å². The molecular weight excluding hydrogens is 414 g/mol. The molecular formula is C23H33N3O4S. The van der Waals surface area contributed by atoms with Gasteiger partial charge in [-0.2, -0.15) is 12.6 Å². The van der Waals surface area contributed by atoms with E-state index in [1.54, 1.807) is 32.9 Å². The van der Waals surface area contributed by atoms with Gasteiger partial charge in [0, 0.05) is 17.3 Å². The fourth-order valence-corrected chi connectivity index (χ4v) is 2.92. The molecule has 170 valence electrons. The number of nitrogens with one attached hydrogen (secondary N) is 2. The highest BCUT2D eigenvalue weighted by Crippen LogP contribution is 2.23. The molecule has 2 N–H and O–H groups in total. The highest BCUT2D eigenvalue weighted by atomic mass is 32.1. The second-order valence-corrected chi connectivity index (χ2v) is 9.64. The van der Waals surface area contributed by atoms with Crippen LogP contribution in [0.4, 0.5) is 4.79 Å². The molecule has 2 unspecified atom stereocenters. The van der Waals surface area contributed by atoms with Gasteiger partial charge in [-0.05, 0) is 54.0 Å². The lowest BCUT2D eigenvalue weighted by molar-refractivity contribution is -0.138. The molecule has 0 fully saturated rings. The van der Waals surface area contributed by atoms with Crippen molar-refractivity contribution >= 4 is 30.5 Å². The standard InChI is InChI=1S/C23H33N3O4S/c1-9-26(20(28)17(14-31)24-21(29)30-23(6,7)8)18(19(27)25-22(3,4)5)16-12-10-15(2)11-13-16/h1,10-13,17-18,31H,14H2,2-8H3,(H,24,29)(H,25,27). The number of hydrogen-bond donors (Lipinski definition) is 3. The maximum Gasteiger partial charge on any atom is 0.408 e. The molecule has 0 aliphatic rings. The van der Waals surface area contributed by atoms with Crippen LogP contribution in [0.5, 0.6) is 0 Å². The Morgan fingerprint density at radius 2 is 1.68 bits per heavy atom. The minimum Gasteiger partial charge on any atom is -0.444 e. The lowest BCUT2D eigenvalue weighted by atomic mass is 10.0. The van der Waals surface area contributed by atoms with Crippen LogP contribution in [0.15, 0.2) is 24.3 Å². The van der Waals surface area contributed by atoms with E-state index in [2.05, 4.69) is 29.3 Å². The highest BCUT2D eigenvalue weighted by molar-refractivity contribution is 7.80. The summed E-state index contributed by atoms with van der Waals surface area (Å²) in [7, 11) is 0. The predicted molar refractivity (Wildman–Crippen MR) is 125 cm³/mol. The van der Waals surface area contributed by atoms with E-state index in [1.807, 2.05) is 39.8 Å². The topological polar surface area (TPSA) is 87.7 Å². The van der Waals surface area contributed by atoms with Crippen LogP contribution in [0, 0.1) is 19.4 Å². The Morgan fingerprint density at radius 1 is 1.13 bits per heavy atom. The summed E-state index contributed by atoms with van der Waals surface area (Å²) >= 11 is 4.18. The van der Waals surface area contributed by atoms with Gasteiger partial charge in [-0.25, -0.2) is 4.79 Å². The number of carbonyl (C=O) groups is 3. The minimum atomic E-state index is -1.08. The number of aryl methyl sites for hydroxylation is 1. The zero-order valence-electron chi connectivity index (χ0n) is 19.3. The van der Waals surface area contributed by atoms with Crippen LogP contribution in [0.1, 0.15) is 58.7 Å². The first kappa shape index (κ1) is 26.4. The zero-order chi connectivity index (χ0) is 24.0. The van der Waals surface area contributed by atoms with Crippen LogP contribution in [-0.2, 0) is 14.3 Å². The molecule has 0 bridgehead atoms. The molecule has 0 radical (unpaired) electrons. The quantitative estimate of drug-likeness (QED) is 0.355. The number of alkyl carbamates (subject to hydrolysis) is 1. The van der Waals surface area contributed by atoms with Crippen molar-refractivity contribution in [2.45, 2.75) is 71.7 Å². The molecule has 0 aromatic heterocycles. The average Bonchev–Trinajstić information content (AvgIpc) is 2.61. The van der Waals surface area contributed by atoms with Crippen molar-refractivity contribution in [3.8, 4) is 12.5 Å². The fourth-order valence-electron chi connectivity index (χ4n) is 2.67. The van der Waals surface area contributed by atoms with E-state index in [0.717, 1.165) is 10.5 Å². The molecule has 0 spiro atoms. The summed E-state index contributed by atoms with van der Waals surface area (Å²) in [6.07, 6.45) is 4.90. The molecule has 2 atom stereocenters. The Hall–Kier alpha value is -2.66. The van der Waals surface area contributed by atoms with Gasteiger partial charge in [0.15, 0.2) is 0 Å². The summed E-state index contributed by atoms with van der Waals surface area (Å²) in [5.74, 6) is -1.10. The van der Waals surface area contributed by atoms with E-state index >= 15 is 0 Å². The van der Waals surface area contributed by atoms with E-state index in [0.29, 0.717) is 5.56 Å². The molecule has 1 aromatic rings. The van der Waals surface area contributed by atoms with Gasteiger partial charge < -0.3 is 15.4 Å². The Kier molecular flexibility index (Phi) is 9.00. The van der Waals surface area contributed by atoms with Crippen LogP contribution in [0.25, 0.3) is 0 Å². The lowest BCUT2D eigenvalue weighted by Gasteiger charge is -2.32. The number of rotatable bonds is 6. The molecule has 31 heavy (non-hydrogen) atoms. The van der Waals surface area contributed by atoms with Gasteiger partial charge in [-0.15, -0.1) is 0 Å². The van der Waals surface area contributed by atoms with Gasteiger partial charge in [-0.3, -0.25) is 14.5 Å². The van der Waals surface area contributed by atoms with E-state index in [4.69, 9.17) is 11.2 Å². The molecule has 3 amide bonds. The van der Waals surface area contributed by atoms with Crippen molar-refractivity contribution in [3.05, 3.63) is 35.4 Å². The lowest BCUT2D eigenvalue weighted by Crippen LogP contribution is -2.53. The SMILES string of the molecule is C#CN(C(=O)C(CS)NC(=O)OC(C)(C)C)C(C(=O)NC(C)(C)C)c1ccc(C)cc1. The van der Waals surface area contributed by atoms with Gasteiger partial charge in [0.2, 0.25) is 5.91 Å². The van der Waals surface area contributed by atoms with Gasteiger partial charge in [-0.1, -0.05) is 36.3 Å². The molecule has 0 saturated carbocycles. The van der Waals surface area contributed by atoms with Crippen molar-refractivity contribution < 1.29 is 19.1 Å². The van der Waals surface area contributed by atoms with Crippen LogP contribution in [0.2, 0.25) is 0 Å². The highest BCUT2D eigenvalue weighted by Gasteiger charge is 2.36. The van der Waals surface area contributed by atoms with E-state index in [9.17, 15) is 14.4 Å². The summed E-state index contributed by atoms with van der Waals surface area (Å²) in [6.45, 7) is 12.5. The van der Waals surface area contributed by atoms with Gasteiger partial charge in [0.1, 0.15) is 17.7 Å². The third-order valence-electron chi connectivity index (χ3n) is 3.95. The molecule has 0 aliphatic carbocycles. The van der Waals surface area contributed by atoms with Crippen LogP contribution < -0.4 is 10.6 Å². The fraction of sp³-hybridized carbons (Fsp3) is 0.522. The number of nitrogens with zero attached hydrogens (tertiary/aromatic N) is 1. The van der Waals surface area contributed by atoms with Crippen LogP contribution in [0.3, 0.4) is 0 Å². The smallest absolute Gasteiger partial charge is 0.408 e. The normalized spacial score (nSPS) is 13.4. The van der Waals surface area contributed by atoms with Gasteiger partial charge in [0.05, 0.1) is 0 Å². The Labute approximate surface area is 190 Å². The van der Waals surface area contributed by atoms with Crippen molar-refractivity contribution in [1.82, 2.24) is 15.5 Å². The summed E-state index contributed by atoms with van der Waals surface area (Å²) in [5, 5.41) is 5.36. The van der Waals surface area contributed by atoms with Crippen molar-refractivity contribution in [3.63, 3.8) is 0 Å². The first-order valence-electron chi connectivity index (χ1n) is 9.97. The van der Waals surface area contributed by atoms with Crippen molar-refractivity contribution in [2.24, 2.45) is 0 Å². The second-order valence-electron chi connectivity index (χ2n) is 9.27. The monoisotopic (exact) mass is 447 g/mol. The molecule has 1 rings (SSSR count). The summed E-state index contributed by atoms with van der Waals surface area (Å²) in [4.78, 5) is 39.5. The van der Waals surface area contributed by atoms with E-state index in [1.165, 1.54) is 0 Å². The molecule has 7 nitrogen and oxygen atoms in total. The summed E-state index contributed by atoms with van der Waals surface area (Å²) < 4.78 is 5.22. The molecule has 0 heterocycles. The summed E-state index contributed by atoms with van der Waals surface area (Å²) in [5.41, 5.74) is 0.268. The molecule has 8 heteroatoms. The Balaban J connectivity index is 3.28. The second kappa shape index (κ2) is 10.6. The maximum atomic E-state index is 13.2. The largest absolute Gasteiger partial charge is 0.444 e. The molecule has 1 aromatic carbocycles. The number of thiol groups is 1. The Bertz CT molecular complexity index is 832. The third-order valence-corrected chi connectivity index (χ3v) is 4.31. The average molecular weight is 448 g/mol. The van der Waals surface area contributed by atoms with Crippen LogP contribution >= 0.6 is 12.6 Å². The number of amides is 3. The first-order valence-corrected chi connectivity index (χ1v) is 10.6. The number of terminal acetylenes is 1. The zero-order valence-corrected chi connectivity index (χ0v) is 20.2. The number of carbonyl (C=O) groups excluding carboxylic acids is 3. The number of benzene rings is 1. The molecule has 0 aliphatic heterocycles. The predicted octanol–water partition coefficient (Wildman–Crippen LogP) is 3.19. The minimum absolute atomic E-state index is 0.0300. The number of ether oxygens (including phenoxy) is 1. The first-order chi connectivity index (χ1) is 14.2. The molecule has 0 saturated heterocycles. The van der Waals surface area contributed by atoms with Gasteiger partial charge in [0.25, 0.3) is 5.91 Å². The van der Waals surface area contributed by atoms with Crippen molar-refractivity contribution in [2.75, 3.05) is 5.75 Å². The third kappa shape index (κ3) is 8.54. The summed E-state index contributed by atoms with van der Waals surface area (Å²) in [6, 6.07) is 7.31. The maximum absolute atomic E-state index is 13.2.